The number of nitrogens with one attached hydrogen (secondary N) is 1. The van der Waals surface area contributed by atoms with Crippen LogP contribution in [0.25, 0.3) is 10.9 Å². The van der Waals surface area contributed by atoms with Gasteiger partial charge in [-0.2, -0.15) is 0 Å². The largest absolute Gasteiger partial charge is 0.489 e. The van der Waals surface area contributed by atoms with Gasteiger partial charge in [0.05, 0.1) is 0 Å². The molecule has 1 aliphatic rings. The SMILES string of the molecule is Cn1c(C(=O)N2CCNCC2)cc2cc(OCc3ccccc3)ccc21. The van der Waals surface area contributed by atoms with Crippen LogP contribution >= 0.6 is 0 Å². The molecule has 1 saturated heterocycles. The molecule has 2 heterocycles. The molecule has 3 aromatic rings. The van der Waals surface area contributed by atoms with Crippen molar-refractivity contribution in [1.82, 2.24) is 14.8 Å². The van der Waals surface area contributed by atoms with Gasteiger partial charge in [0.15, 0.2) is 0 Å². The minimum Gasteiger partial charge on any atom is -0.489 e. The number of rotatable bonds is 4. The topological polar surface area (TPSA) is 46.5 Å². The number of fused-ring (bicyclic) bond motifs is 1. The lowest BCUT2D eigenvalue weighted by Gasteiger charge is -2.27. The highest BCUT2D eigenvalue weighted by Crippen LogP contribution is 2.25. The summed E-state index contributed by atoms with van der Waals surface area (Å²) in [6, 6.07) is 18.1. The van der Waals surface area contributed by atoms with Crippen molar-refractivity contribution in [3.8, 4) is 5.75 Å². The number of hydrogen-bond donors (Lipinski definition) is 1. The Morgan fingerprint density at radius 3 is 2.62 bits per heavy atom. The molecule has 5 heteroatoms. The molecule has 2 aromatic carbocycles. The van der Waals surface area contributed by atoms with Crippen molar-refractivity contribution in [3.63, 3.8) is 0 Å². The summed E-state index contributed by atoms with van der Waals surface area (Å²) in [5, 5.41) is 4.30. The lowest BCUT2D eigenvalue weighted by Crippen LogP contribution is -2.46. The molecule has 4 rings (SSSR count). The second kappa shape index (κ2) is 7.22. The van der Waals surface area contributed by atoms with Crippen LogP contribution in [0, 0.1) is 0 Å². The van der Waals surface area contributed by atoms with E-state index in [0.717, 1.165) is 54.1 Å². The minimum atomic E-state index is 0.0944. The normalized spacial score (nSPS) is 14.6. The number of benzene rings is 2. The Labute approximate surface area is 153 Å². The second-order valence-corrected chi connectivity index (χ2v) is 6.63. The van der Waals surface area contributed by atoms with Crippen molar-refractivity contribution in [3.05, 3.63) is 65.9 Å². The third kappa shape index (κ3) is 3.30. The summed E-state index contributed by atoms with van der Waals surface area (Å²) >= 11 is 0. The fraction of sp³-hybridized carbons (Fsp3) is 0.286. The molecule has 1 aromatic heterocycles. The van der Waals surface area contributed by atoms with Crippen LogP contribution in [-0.4, -0.2) is 41.6 Å². The van der Waals surface area contributed by atoms with E-state index in [0.29, 0.717) is 6.61 Å². The van der Waals surface area contributed by atoms with Gasteiger partial charge in [0, 0.05) is 44.1 Å². The number of carbonyl (C=O) groups excluding carboxylic acids is 1. The second-order valence-electron chi connectivity index (χ2n) is 6.63. The van der Waals surface area contributed by atoms with Gasteiger partial charge >= 0.3 is 0 Å². The molecule has 1 fully saturated rings. The Balaban J connectivity index is 1.55. The van der Waals surface area contributed by atoms with Crippen LogP contribution in [0.1, 0.15) is 16.1 Å². The Morgan fingerprint density at radius 1 is 1.08 bits per heavy atom. The van der Waals surface area contributed by atoms with Crippen molar-refractivity contribution < 1.29 is 9.53 Å². The molecule has 134 valence electrons. The Kier molecular flexibility index (Phi) is 4.63. The van der Waals surface area contributed by atoms with Crippen LogP contribution in [0.3, 0.4) is 0 Å². The summed E-state index contributed by atoms with van der Waals surface area (Å²) in [5.74, 6) is 0.907. The van der Waals surface area contributed by atoms with Gasteiger partial charge in [-0.3, -0.25) is 4.79 Å². The Morgan fingerprint density at radius 2 is 1.85 bits per heavy atom. The van der Waals surface area contributed by atoms with Crippen molar-refractivity contribution >= 4 is 16.8 Å². The minimum absolute atomic E-state index is 0.0944. The molecule has 5 nitrogen and oxygen atoms in total. The van der Waals surface area contributed by atoms with Crippen LogP contribution in [0.2, 0.25) is 0 Å². The van der Waals surface area contributed by atoms with Gasteiger partial charge in [-0.05, 0) is 29.8 Å². The fourth-order valence-corrected chi connectivity index (χ4v) is 3.39. The molecule has 0 atom stereocenters. The Hall–Kier alpha value is -2.79. The highest BCUT2D eigenvalue weighted by molar-refractivity contribution is 5.99. The molecule has 1 N–H and O–H groups in total. The third-order valence-corrected chi connectivity index (χ3v) is 4.89. The molecule has 0 unspecified atom stereocenters. The molecular formula is C21H23N3O2. The average molecular weight is 349 g/mol. The van der Waals surface area contributed by atoms with Gasteiger partial charge in [-0.1, -0.05) is 30.3 Å². The summed E-state index contributed by atoms with van der Waals surface area (Å²) in [4.78, 5) is 14.7. The molecule has 0 bridgehead atoms. The van der Waals surface area contributed by atoms with Crippen LogP contribution in [0.4, 0.5) is 0 Å². The maximum absolute atomic E-state index is 12.8. The predicted molar refractivity (Wildman–Crippen MR) is 102 cm³/mol. The van der Waals surface area contributed by atoms with Gasteiger partial charge < -0.3 is 19.5 Å². The zero-order valence-electron chi connectivity index (χ0n) is 14.9. The van der Waals surface area contributed by atoms with E-state index in [1.807, 2.05) is 71.1 Å². The maximum Gasteiger partial charge on any atom is 0.270 e. The van der Waals surface area contributed by atoms with Gasteiger partial charge in [0.2, 0.25) is 0 Å². The number of piperazine rings is 1. The Bertz CT molecular complexity index is 912. The van der Waals surface area contributed by atoms with E-state index in [1.54, 1.807) is 0 Å². The van der Waals surface area contributed by atoms with Gasteiger partial charge in [-0.15, -0.1) is 0 Å². The van der Waals surface area contributed by atoms with Crippen molar-refractivity contribution in [2.45, 2.75) is 6.61 Å². The third-order valence-electron chi connectivity index (χ3n) is 4.89. The number of aromatic nitrogens is 1. The molecule has 1 amide bonds. The summed E-state index contributed by atoms with van der Waals surface area (Å²) < 4.78 is 7.89. The summed E-state index contributed by atoms with van der Waals surface area (Å²) in [5.41, 5.74) is 2.90. The van der Waals surface area contributed by atoms with Gasteiger partial charge in [-0.25, -0.2) is 0 Å². The standard InChI is InChI=1S/C21H23N3O2/c1-23-19-8-7-18(26-15-16-5-3-2-4-6-16)13-17(19)14-20(23)21(25)24-11-9-22-10-12-24/h2-8,13-14,22H,9-12,15H2,1H3. The number of aryl methyl sites for hydroxylation is 1. The van der Waals surface area contributed by atoms with E-state index in [4.69, 9.17) is 4.74 Å². The van der Waals surface area contributed by atoms with Crippen molar-refractivity contribution in [1.29, 1.82) is 0 Å². The summed E-state index contributed by atoms with van der Waals surface area (Å²) in [6.07, 6.45) is 0. The first-order valence-electron chi connectivity index (χ1n) is 8.98. The van der Waals surface area contributed by atoms with E-state index < -0.39 is 0 Å². The van der Waals surface area contributed by atoms with Crippen LogP contribution < -0.4 is 10.1 Å². The van der Waals surface area contributed by atoms with Gasteiger partial charge in [0.25, 0.3) is 5.91 Å². The number of ether oxygens (including phenoxy) is 1. The van der Waals surface area contributed by atoms with Crippen LogP contribution in [0.15, 0.2) is 54.6 Å². The molecule has 26 heavy (non-hydrogen) atoms. The zero-order valence-corrected chi connectivity index (χ0v) is 14.9. The van der Waals surface area contributed by atoms with Crippen LogP contribution in [-0.2, 0) is 13.7 Å². The number of hydrogen-bond acceptors (Lipinski definition) is 3. The van der Waals surface area contributed by atoms with Crippen molar-refractivity contribution in [2.24, 2.45) is 7.05 Å². The van der Waals surface area contributed by atoms with E-state index in [1.165, 1.54) is 0 Å². The summed E-state index contributed by atoms with van der Waals surface area (Å²) in [7, 11) is 1.95. The maximum atomic E-state index is 12.8. The highest BCUT2D eigenvalue weighted by atomic mass is 16.5. The number of amides is 1. The lowest BCUT2D eigenvalue weighted by atomic mass is 10.2. The van der Waals surface area contributed by atoms with E-state index >= 15 is 0 Å². The zero-order chi connectivity index (χ0) is 17.9. The first-order chi connectivity index (χ1) is 12.7. The first-order valence-corrected chi connectivity index (χ1v) is 8.98. The fourth-order valence-electron chi connectivity index (χ4n) is 3.39. The molecular weight excluding hydrogens is 326 g/mol. The highest BCUT2D eigenvalue weighted by Gasteiger charge is 2.21. The predicted octanol–water partition coefficient (Wildman–Crippen LogP) is 2.80. The van der Waals surface area contributed by atoms with E-state index in [9.17, 15) is 4.79 Å². The van der Waals surface area contributed by atoms with Gasteiger partial charge in [0.1, 0.15) is 18.1 Å². The molecule has 0 aliphatic carbocycles. The smallest absolute Gasteiger partial charge is 0.270 e. The van der Waals surface area contributed by atoms with E-state index in [-0.39, 0.29) is 5.91 Å². The molecule has 1 aliphatic heterocycles. The quantitative estimate of drug-likeness (QED) is 0.788. The first kappa shape index (κ1) is 16.7. The molecule has 0 radical (unpaired) electrons. The van der Waals surface area contributed by atoms with E-state index in [2.05, 4.69) is 5.32 Å². The number of carbonyl (C=O) groups is 1. The summed E-state index contributed by atoms with van der Waals surface area (Å²) in [6.45, 7) is 3.75. The van der Waals surface area contributed by atoms with Crippen molar-refractivity contribution in [2.75, 3.05) is 26.2 Å². The molecule has 0 saturated carbocycles. The van der Waals surface area contributed by atoms with Crippen LogP contribution in [0.5, 0.6) is 5.75 Å². The average Bonchev–Trinajstić information content (AvgIpc) is 3.03. The lowest BCUT2D eigenvalue weighted by molar-refractivity contribution is 0.0726. The monoisotopic (exact) mass is 349 g/mol. The molecule has 0 spiro atoms. The number of nitrogens with zero attached hydrogens (tertiary/aromatic N) is 2.